The van der Waals surface area contributed by atoms with E-state index in [2.05, 4.69) is 0 Å². The van der Waals surface area contributed by atoms with E-state index in [1.807, 2.05) is 0 Å². The maximum Gasteiger partial charge on any atom is 0.338 e. The molecule has 0 amide bonds. The van der Waals surface area contributed by atoms with Crippen molar-refractivity contribution in [3.63, 3.8) is 0 Å². The summed E-state index contributed by atoms with van der Waals surface area (Å²) in [7, 11) is 0. The number of phenolic OH excluding ortho intramolecular Hbond substituents is 1. The van der Waals surface area contributed by atoms with Gasteiger partial charge in [0.25, 0.3) is 0 Å². The van der Waals surface area contributed by atoms with Gasteiger partial charge in [-0.25, -0.2) is 4.79 Å². The number of carbonyl (C=O) groups excluding carboxylic acids is 1. The number of benzene rings is 1. The van der Waals surface area contributed by atoms with Crippen LogP contribution in [-0.4, -0.2) is 17.7 Å². The molecule has 0 heterocycles. The normalized spacial score (nSPS) is 9.93. The molecule has 0 fully saturated rings. The van der Waals surface area contributed by atoms with Gasteiger partial charge in [-0.15, -0.1) is 0 Å². The van der Waals surface area contributed by atoms with Gasteiger partial charge < -0.3 is 9.84 Å². The van der Waals surface area contributed by atoms with Crippen molar-refractivity contribution < 1.29 is 14.6 Å². The molecule has 0 atom stereocenters. The molecule has 0 saturated heterocycles. The lowest BCUT2D eigenvalue weighted by atomic mass is 10.0. The predicted molar refractivity (Wildman–Crippen MR) is 53.5 cm³/mol. The first-order valence-electron chi connectivity index (χ1n) is 4.53. The zero-order chi connectivity index (χ0) is 10.7. The number of hydrogen-bond donors (Lipinski definition) is 1. The SMILES string of the molecule is CCOC(=O)c1cc(C)c(O)cc1C. The fourth-order valence-electron chi connectivity index (χ4n) is 1.23. The largest absolute Gasteiger partial charge is 0.508 e. The van der Waals surface area contributed by atoms with Crippen molar-refractivity contribution in [3.05, 3.63) is 28.8 Å². The van der Waals surface area contributed by atoms with E-state index in [1.165, 1.54) is 0 Å². The van der Waals surface area contributed by atoms with Gasteiger partial charge in [-0.05, 0) is 44.0 Å². The maximum absolute atomic E-state index is 11.4. The predicted octanol–water partition coefficient (Wildman–Crippen LogP) is 2.19. The van der Waals surface area contributed by atoms with Crippen molar-refractivity contribution in [2.24, 2.45) is 0 Å². The van der Waals surface area contributed by atoms with Gasteiger partial charge in [0.1, 0.15) is 5.75 Å². The van der Waals surface area contributed by atoms with Gasteiger partial charge in [0, 0.05) is 0 Å². The Morgan fingerprint density at radius 3 is 2.57 bits per heavy atom. The van der Waals surface area contributed by atoms with Crippen LogP contribution < -0.4 is 0 Å². The molecule has 3 nitrogen and oxygen atoms in total. The van der Waals surface area contributed by atoms with Gasteiger partial charge >= 0.3 is 5.97 Å². The topological polar surface area (TPSA) is 46.5 Å². The third-order valence-corrected chi connectivity index (χ3v) is 2.04. The van der Waals surface area contributed by atoms with Crippen LogP contribution >= 0.6 is 0 Å². The Balaban J connectivity index is 3.09. The lowest BCUT2D eigenvalue weighted by Gasteiger charge is -2.07. The Labute approximate surface area is 83.3 Å². The van der Waals surface area contributed by atoms with Crippen LogP contribution in [0.4, 0.5) is 0 Å². The van der Waals surface area contributed by atoms with Crippen LogP contribution in [0.5, 0.6) is 5.75 Å². The molecule has 1 rings (SSSR count). The van der Waals surface area contributed by atoms with Gasteiger partial charge in [0.2, 0.25) is 0 Å². The summed E-state index contributed by atoms with van der Waals surface area (Å²) in [6, 6.07) is 3.21. The fourth-order valence-corrected chi connectivity index (χ4v) is 1.23. The first kappa shape index (κ1) is 10.6. The Kier molecular flexibility index (Phi) is 3.12. The summed E-state index contributed by atoms with van der Waals surface area (Å²) >= 11 is 0. The first-order valence-corrected chi connectivity index (χ1v) is 4.53. The highest BCUT2D eigenvalue weighted by Crippen LogP contribution is 2.21. The molecule has 1 aromatic rings. The van der Waals surface area contributed by atoms with Crippen molar-refractivity contribution in [1.29, 1.82) is 0 Å². The summed E-state index contributed by atoms with van der Waals surface area (Å²) in [5.74, 6) is -0.136. The van der Waals surface area contributed by atoms with E-state index < -0.39 is 0 Å². The molecule has 0 bridgehead atoms. The average Bonchev–Trinajstić information content (AvgIpc) is 2.11. The van der Waals surface area contributed by atoms with E-state index in [0.717, 1.165) is 5.56 Å². The fraction of sp³-hybridized carbons (Fsp3) is 0.364. The molecule has 76 valence electrons. The van der Waals surface area contributed by atoms with Crippen molar-refractivity contribution in [2.45, 2.75) is 20.8 Å². The zero-order valence-electron chi connectivity index (χ0n) is 8.63. The monoisotopic (exact) mass is 194 g/mol. The highest BCUT2D eigenvalue weighted by atomic mass is 16.5. The maximum atomic E-state index is 11.4. The Hall–Kier alpha value is -1.51. The third kappa shape index (κ3) is 2.05. The number of ether oxygens (including phenoxy) is 1. The molecular weight excluding hydrogens is 180 g/mol. The molecule has 0 aliphatic rings. The molecule has 14 heavy (non-hydrogen) atoms. The van der Waals surface area contributed by atoms with E-state index in [0.29, 0.717) is 17.7 Å². The van der Waals surface area contributed by atoms with Gasteiger partial charge in [0.05, 0.1) is 12.2 Å². The second-order valence-corrected chi connectivity index (χ2v) is 3.17. The summed E-state index contributed by atoms with van der Waals surface area (Å²) in [4.78, 5) is 11.4. The van der Waals surface area contributed by atoms with Gasteiger partial charge in [-0.1, -0.05) is 0 Å². The van der Waals surface area contributed by atoms with Crippen molar-refractivity contribution in [3.8, 4) is 5.75 Å². The number of rotatable bonds is 2. The van der Waals surface area contributed by atoms with Crippen molar-refractivity contribution in [1.82, 2.24) is 0 Å². The highest BCUT2D eigenvalue weighted by molar-refractivity contribution is 5.91. The summed E-state index contributed by atoms with van der Waals surface area (Å²) < 4.78 is 4.88. The van der Waals surface area contributed by atoms with Crippen LogP contribution in [0.2, 0.25) is 0 Å². The minimum atomic E-state index is -0.340. The standard InChI is InChI=1S/C11H14O3/c1-4-14-11(13)9-5-8(3)10(12)6-7(9)2/h5-6,12H,4H2,1-3H3. The second kappa shape index (κ2) is 4.13. The van der Waals surface area contributed by atoms with Crippen molar-refractivity contribution >= 4 is 5.97 Å². The molecule has 0 radical (unpaired) electrons. The molecule has 0 aliphatic carbocycles. The van der Waals surface area contributed by atoms with E-state index in [9.17, 15) is 9.90 Å². The molecule has 0 unspecified atom stereocenters. The van der Waals surface area contributed by atoms with E-state index in [4.69, 9.17) is 4.74 Å². The smallest absolute Gasteiger partial charge is 0.338 e. The summed E-state index contributed by atoms with van der Waals surface area (Å²) in [6.45, 7) is 5.64. The summed E-state index contributed by atoms with van der Waals surface area (Å²) in [6.07, 6.45) is 0. The Morgan fingerprint density at radius 1 is 1.36 bits per heavy atom. The Morgan fingerprint density at radius 2 is 2.00 bits per heavy atom. The van der Waals surface area contributed by atoms with Gasteiger partial charge in [-0.2, -0.15) is 0 Å². The molecule has 3 heteroatoms. The lowest BCUT2D eigenvalue weighted by Crippen LogP contribution is -2.06. The zero-order valence-corrected chi connectivity index (χ0v) is 8.63. The van der Waals surface area contributed by atoms with Crippen LogP contribution in [-0.2, 0) is 4.74 Å². The Bertz CT molecular complexity index is 356. The van der Waals surface area contributed by atoms with Gasteiger partial charge in [-0.3, -0.25) is 0 Å². The van der Waals surface area contributed by atoms with E-state index >= 15 is 0 Å². The molecule has 0 aliphatic heterocycles. The van der Waals surface area contributed by atoms with Crippen LogP contribution in [0.25, 0.3) is 0 Å². The third-order valence-electron chi connectivity index (χ3n) is 2.04. The molecule has 0 saturated carbocycles. The molecular formula is C11H14O3. The molecule has 0 aromatic heterocycles. The second-order valence-electron chi connectivity index (χ2n) is 3.17. The quantitative estimate of drug-likeness (QED) is 0.734. The number of hydrogen-bond acceptors (Lipinski definition) is 3. The molecule has 1 aromatic carbocycles. The van der Waals surface area contributed by atoms with E-state index in [-0.39, 0.29) is 11.7 Å². The van der Waals surface area contributed by atoms with Crippen molar-refractivity contribution in [2.75, 3.05) is 6.61 Å². The molecule has 0 spiro atoms. The number of phenols is 1. The minimum absolute atomic E-state index is 0.204. The number of esters is 1. The van der Waals surface area contributed by atoms with Crippen LogP contribution in [0.3, 0.4) is 0 Å². The van der Waals surface area contributed by atoms with Crippen LogP contribution in [0, 0.1) is 13.8 Å². The van der Waals surface area contributed by atoms with Crippen LogP contribution in [0.1, 0.15) is 28.4 Å². The average molecular weight is 194 g/mol. The number of aryl methyl sites for hydroxylation is 2. The van der Waals surface area contributed by atoms with E-state index in [1.54, 1.807) is 32.9 Å². The van der Waals surface area contributed by atoms with Crippen LogP contribution in [0.15, 0.2) is 12.1 Å². The summed E-state index contributed by atoms with van der Waals surface area (Å²) in [5, 5.41) is 9.38. The highest BCUT2D eigenvalue weighted by Gasteiger charge is 2.11. The van der Waals surface area contributed by atoms with Gasteiger partial charge in [0.15, 0.2) is 0 Å². The number of carbonyl (C=O) groups is 1. The minimum Gasteiger partial charge on any atom is -0.508 e. The number of aromatic hydroxyl groups is 1. The lowest BCUT2D eigenvalue weighted by molar-refractivity contribution is 0.0525. The molecule has 1 N–H and O–H groups in total. The first-order chi connectivity index (χ1) is 6.56. The summed E-state index contributed by atoms with van der Waals surface area (Å²) in [5.41, 5.74) is 1.92.